The van der Waals surface area contributed by atoms with Crippen molar-refractivity contribution in [3.05, 3.63) is 29.8 Å². The van der Waals surface area contributed by atoms with E-state index in [1.165, 1.54) is 18.6 Å². The van der Waals surface area contributed by atoms with Crippen LogP contribution in [0.2, 0.25) is 0 Å². The summed E-state index contributed by atoms with van der Waals surface area (Å²) in [6.07, 6.45) is 3.51. The van der Waals surface area contributed by atoms with Crippen LogP contribution in [0, 0.1) is 0 Å². The van der Waals surface area contributed by atoms with E-state index in [1.54, 1.807) is 12.1 Å². The number of nitrogens with one attached hydrogen (secondary N) is 1. The molecule has 0 bridgehead atoms. The molecule has 0 aromatic heterocycles. The van der Waals surface area contributed by atoms with Crippen molar-refractivity contribution in [1.29, 1.82) is 0 Å². The Labute approximate surface area is 138 Å². The lowest BCUT2D eigenvalue weighted by Crippen LogP contribution is -2.44. The van der Waals surface area contributed by atoms with Gasteiger partial charge in [-0.05, 0) is 50.9 Å². The quantitative estimate of drug-likeness (QED) is 0.848. The lowest BCUT2D eigenvalue weighted by Gasteiger charge is -2.33. The maximum absolute atomic E-state index is 12.2. The summed E-state index contributed by atoms with van der Waals surface area (Å²) in [7, 11) is -3.69. The van der Waals surface area contributed by atoms with Gasteiger partial charge in [0.15, 0.2) is 0 Å². The highest BCUT2D eigenvalue weighted by Gasteiger charge is 2.21. The summed E-state index contributed by atoms with van der Waals surface area (Å²) < 4.78 is 22.5. The second-order valence-electron chi connectivity index (χ2n) is 6.22. The Morgan fingerprint density at radius 2 is 2.00 bits per heavy atom. The molecule has 1 heterocycles. The van der Waals surface area contributed by atoms with E-state index in [1.807, 2.05) is 6.92 Å². The second kappa shape index (κ2) is 7.42. The highest BCUT2D eigenvalue weighted by Crippen LogP contribution is 2.17. The Bertz CT molecular complexity index is 643. The molecule has 1 amide bonds. The molecule has 1 saturated heterocycles. The van der Waals surface area contributed by atoms with Crippen LogP contribution in [0.4, 0.5) is 0 Å². The minimum absolute atomic E-state index is 0.0122. The van der Waals surface area contributed by atoms with Crippen LogP contribution in [0.15, 0.2) is 29.2 Å². The monoisotopic (exact) mass is 339 g/mol. The first-order chi connectivity index (χ1) is 10.8. The van der Waals surface area contributed by atoms with Crippen molar-refractivity contribution in [3.8, 4) is 0 Å². The van der Waals surface area contributed by atoms with E-state index in [-0.39, 0.29) is 16.8 Å². The molecule has 1 aliphatic heterocycles. The SMILES string of the molecule is C[C@H](NC(=O)CN1CCCC[C@@H]1C)c1ccc(S(N)(=O)=O)cc1. The topological polar surface area (TPSA) is 92.5 Å². The first-order valence-corrected chi connectivity index (χ1v) is 9.48. The number of amides is 1. The Hall–Kier alpha value is -1.44. The predicted octanol–water partition coefficient (Wildman–Crippen LogP) is 1.39. The third kappa shape index (κ3) is 5.02. The number of primary sulfonamides is 1. The van der Waals surface area contributed by atoms with Gasteiger partial charge >= 0.3 is 0 Å². The van der Waals surface area contributed by atoms with E-state index in [2.05, 4.69) is 17.1 Å². The van der Waals surface area contributed by atoms with E-state index in [9.17, 15) is 13.2 Å². The van der Waals surface area contributed by atoms with Gasteiger partial charge in [0, 0.05) is 6.04 Å². The van der Waals surface area contributed by atoms with Crippen LogP contribution in [0.25, 0.3) is 0 Å². The van der Waals surface area contributed by atoms with Gasteiger partial charge in [0.25, 0.3) is 0 Å². The van der Waals surface area contributed by atoms with Crippen molar-refractivity contribution >= 4 is 15.9 Å². The first-order valence-electron chi connectivity index (χ1n) is 7.93. The number of likely N-dealkylation sites (tertiary alicyclic amines) is 1. The largest absolute Gasteiger partial charge is 0.348 e. The highest BCUT2D eigenvalue weighted by atomic mass is 32.2. The number of carbonyl (C=O) groups is 1. The average Bonchev–Trinajstić information content (AvgIpc) is 2.49. The van der Waals surface area contributed by atoms with Gasteiger partial charge < -0.3 is 5.32 Å². The van der Waals surface area contributed by atoms with Crippen LogP contribution in [-0.2, 0) is 14.8 Å². The van der Waals surface area contributed by atoms with Crippen molar-refractivity contribution in [2.75, 3.05) is 13.1 Å². The fourth-order valence-electron chi connectivity index (χ4n) is 2.89. The van der Waals surface area contributed by atoms with Crippen molar-refractivity contribution in [1.82, 2.24) is 10.2 Å². The van der Waals surface area contributed by atoms with Crippen LogP contribution in [0.3, 0.4) is 0 Å². The molecular weight excluding hydrogens is 314 g/mol. The van der Waals surface area contributed by atoms with E-state index >= 15 is 0 Å². The van der Waals surface area contributed by atoms with Gasteiger partial charge in [0.05, 0.1) is 17.5 Å². The summed E-state index contributed by atoms with van der Waals surface area (Å²) >= 11 is 0. The van der Waals surface area contributed by atoms with Gasteiger partial charge in [0.1, 0.15) is 0 Å². The molecule has 0 unspecified atom stereocenters. The number of nitrogens with zero attached hydrogens (tertiary/aromatic N) is 1. The van der Waals surface area contributed by atoms with Gasteiger partial charge in [-0.15, -0.1) is 0 Å². The van der Waals surface area contributed by atoms with Crippen molar-refractivity contribution in [3.63, 3.8) is 0 Å². The second-order valence-corrected chi connectivity index (χ2v) is 7.78. The minimum Gasteiger partial charge on any atom is -0.348 e. The summed E-state index contributed by atoms with van der Waals surface area (Å²) in [5.74, 6) is -0.0122. The fraction of sp³-hybridized carbons (Fsp3) is 0.562. The molecule has 3 N–H and O–H groups in total. The van der Waals surface area contributed by atoms with Crippen molar-refractivity contribution < 1.29 is 13.2 Å². The molecule has 6 nitrogen and oxygen atoms in total. The molecule has 0 saturated carbocycles. The first kappa shape index (κ1) is 17.9. The maximum Gasteiger partial charge on any atom is 0.238 e. The molecule has 128 valence electrons. The molecule has 0 aliphatic carbocycles. The van der Waals surface area contributed by atoms with E-state index in [0.717, 1.165) is 24.9 Å². The Morgan fingerprint density at radius 1 is 1.35 bits per heavy atom. The number of piperidine rings is 1. The average molecular weight is 339 g/mol. The zero-order chi connectivity index (χ0) is 17.0. The maximum atomic E-state index is 12.2. The van der Waals surface area contributed by atoms with Crippen LogP contribution in [0.5, 0.6) is 0 Å². The Kier molecular flexibility index (Phi) is 5.78. The molecule has 7 heteroatoms. The minimum atomic E-state index is -3.69. The Balaban J connectivity index is 1.93. The third-order valence-corrected chi connectivity index (χ3v) is 5.30. The van der Waals surface area contributed by atoms with E-state index in [4.69, 9.17) is 5.14 Å². The van der Waals surface area contributed by atoms with E-state index in [0.29, 0.717) is 12.6 Å². The van der Waals surface area contributed by atoms with Gasteiger partial charge in [-0.25, -0.2) is 13.6 Å². The predicted molar refractivity (Wildman–Crippen MR) is 89.3 cm³/mol. The fourth-order valence-corrected chi connectivity index (χ4v) is 3.41. The molecule has 23 heavy (non-hydrogen) atoms. The summed E-state index contributed by atoms with van der Waals surface area (Å²) in [5.41, 5.74) is 0.845. The highest BCUT2D eigenvalue weighted by molar-refractivity contribution is 7.89. The van der Waals surface area contributed by atoms with Crippen LogP contribution < -0.4 is 10.5 Å². The van der Waals surface area contributed by atoms with Gasteiger partial charge in [-0.3, -0.25) is 9.69 Å². The standard InChI is InChI=1S/C16H25N3O3S/c1-12-5-3-4-10-19(12)11-16(20)18-13(2)14-6-8-15(9-7-14)23(17,21)22/h6-9,12-13H,3-5,10-11H2,1-2H3,(H,18,20)(H2,17,21,22)/t12-,13-/m0/s1. The van der Waals surface area contributed by atoms with Crippen molar-refractivity contribution in [2.45, 2.75) is 50.1 Å². The van der Waals surface area contributed by atoms with Gasteiger partial charge in [-0.1, -0.05) is 18.6 Å². The molecule has 2 rings (SSSR count). The summed E-state index contributed by atoms with van der Waals surface area (Å²) in [6, 6.07) is 6.53. The molecule has 1 aromatic rings. The molecule has 2 atom stereocenters. The number of sulfonamides is 1. The molecule has 1 fully saturated rings. The number of nitrogens with two attached hydrogens (primary N) is 1. The molecule has 0 spiro atoms. The van der Waals surface area contributed by atoms with Gasteiger partial charge in [0.2, 0.25) is 15.9 Å². The van der Waals surface area contributed by atoms with E-state index < -0.39 is 10.0 Å². The molecular formula is C16H25N3O3S. The molecule has 1 aliphatic rings. The normalized spacial score (nSPS) is 20.9. The zero-order valence-electron chi connectivity index (χ0n) is 13.7. The molecule has 0 radical (unpaired) electrons. The van der Waals surface area contributed by atoms with Crippen LogP contribution in [0.1, 0.15) is 44.7 Å². The summed E-state index contributed by atoms with van der Waals surface area (Å²) in [4.78, 5) is 14.5. The van der Waals surface area contributed by atoms with Crippen LogP contribution in [-0.4, -0.2) is 38.4 Å². The van der Waals surface area contributed by atoms with Gasteiger partial charge in [-0.2, -0.15) is 0 Å². The number of benzene rings is 1. The number of hydrogen-bond acceptors (Lipinski definition) is 4. The number of hydrogen-bond donors (Lipinski definition) is 2. The smallest absolute Gasteiger partial charge is 0.238 e. The van der Waals surface area contributed by atoms with Crippen LogP contribution >= 0.6 is 0 Å². The van der Waals surface area contributed by atoms with Crippen molar-refractivity contribution in [2.24, 2.45) is 5.14 Å². The Morgan fingerprint density at radius 3 is 2.57 bits per heavy atom. The summed E-state index contributed by atoms with van der Waals surface area (Å²) in [5, 5.41) is 8.04. The molecule has 1 aromatic carbocycles. The zero-order valence-corrected chi connectivity index (χ0v) is 14.5. The summed E-state index contributed by atoms with van der Waals surface area (Å²) in [6.45, 7) is 5.40. The lowest BCUT2D eigenvalue weighted by molar-refractivity contribution is -0.123. The third-order valence-electron chi connectivity index (χ3n) is 4.37. The number of rotatable bonds is 5. The number of carbonyl (C=O) groups excluding carboxylic acids is 1. The lowest BCUT2D eigenvalue weighted by atomic mass is 10.0.